The Balaban J connectivity index is 1.46. The predicted molar refractivity (Wildman–Crippen MR) is 107 cm³/mol. The standard InChI is InChI=1S/C20H31N3O4S/c1-15(2)22-10-12-23(13-11-22)20(24)16-4-6-17(7-5-16)27-19-9-8-18(14-21-19)28(3,25)26/h8-9,14-17H,4-7,10-13H2,1-3H3/t16-,17-. The third-order valence-electron chi connectivity index (χ3n) is 5.80. The molecule has 1 aromatic heterocycles. The number of aromatic nitrogens is 1. The summed E-state index contributed by atoms with van der Waals surface area (Å²) in [4.78, 5) is 21.6. The van der Waals surface area contributed by atoms with Gasteiger partial charge in [0.2, 0.25) is 11.8 Å². The Hall–Kier alpha value is -1.67. The van der Waals surface area contributed by atoms with E-state index in [0.717, 1.165) is 58.1 Å². The van der Waals surface area contributed by atoms with Gasteiger partial charge in [0.1, 0.15) is 6.10 Å². The smallest absolute Gasteiger partial charge is 0.225 e. The second-order valence-corrected chi connectivity index (χ2v) is 10.2. The van der Waals surface area contributed by atoms with Crippen LogP contribution in [0.2, 0.25) is 0 Å². The molecule has 2 heterocycles. The van der Waals surface area contributed by atoms with Gasteiger partial charge in [-0.1, -0.05) is 0 Å². The molecular weight excluding hydrogens is 378 g/mol. The van der Waals surface area contributed by atoms with Gasteiger partial charge in [0.15, 0.2) is 9.84 Å². The molecule has 2 aliphatic rings. The van der Waals surface area contributed by atoms with E-state index in [1.807, 2.05) is 4.90 Å². The fraction of sp³-hybridized carbons (Fsp3) is 0.700. The molecule has 7 nitrogen and oxygen atoms in total. The molecule has 1 aliphatic carbocycles. The van der Waals surface area contributed by atoms with Crippen molar-refractivity contribution in [1.82, 2.24) is 14.8 Å². The van der Waals surface area contributed by atoms with Gasteiger partial charge < -0.3 is 9.64 Å². The van der Waals surface area contributed by atoms with Crippen molar-refractivity contribution in [3.63, 3.8) is 0 Å². The van der Waals surface area contributed by atoms with E-state index in [2.05, 4.69) is 23.7 Å². The van der Waals surface area contributed by atoms with Crippen LogP contribution in [0.15, 0.2) is 23.2 Å². The number of carbonyl (C=O) groups excluding carboxylic acids is 1. The van der Waals surface area contributed by atoms with Crippen LogP contribution in [-0.4, -0.2) is 73.7 Å². The number of rotatable bonds is 5. The molecule has 0 radical (unpaired) electrons. The van der Waals surface area contributed by atoms with E-state index in [0.29, 0.717) is 11.9 Å². The molecule has 1 saturated heterocycles. The summed E-state index contributed by atoms with van der Waals surface area (Å²) in [5, 5.41) is 0. The van der Waals surface area contributed by atoms with Crippen molar-refractivity contribution >= 4 is 15.7 Å². The molecule has 0 aromatic carbocycles. The average molecular weight is 410 g/mol. The number of hydrogen-bond donors (Lipinski definition) is 0. The minimum Gasteiger partial charge on any atom is -0.474 e. The SMILES string of the molecule is CC(C)N1CCN(C(=O)[C@H]2CC[C@H](Oc3ccc(S(C)(=O)=O)cn3)CC2)CC1. The number of hydrogen-bond acceptors (Lipinski definition) is 6. The second kappa shape index (κ2) is 8.78. The van der Waals surface area contributed by atoms with Crippen LogP contribution in [0.3, 0.4) is 0 Å². The summed E-state index contributed by atoms with van der Waals surface area (Å²) in [6.45, 7) is 7.95. The van der Waals surface area contributed by atoms with Crippen molar-refractivity contribution in [3.05, 3.63) is 18.3 Å². The lowest BCUT2D eigenvalue weighted by molar-refractivity contribution is -0.139. The topological polar surface area (TPSA) is 79.8 Å². The molecule has 0 atom stereocenters. The number of sulfone groups is 1. The zero-order valence-corrected chi connectivity index (χ0v) is 17.8. The van der Waals surface area contributed by atoms with Crippen LogP contribution in [0.4, 0.5) is 0 Å². The van der Waals surface area contributed by atoms with E-state index in [9.17, 15) is 13.2 Å². The molecule has 1 aromatic rings. The van der Waals surface area contributed by atoms with Crippen molar-refractivity contribution in [2.75, 3.05) is 32.4 Å². The molecule has 0 bridgehead atoms. The van der Waals surface area contributed by atoms with Crippen LogP contribution in [0, 0.1) is 5.92 Å². The van der Waals surface area contributed by atoms with Gasteiger partial charge >= 0.3 is 0 Å². The lowest BCUT2D eigenvalue weighted by Gasteiger charge is -2.39. The van der Waals surface area contributed by atoms with Gasteiger partial charge in [-0.3, -0.25) is 9.69 Å². The highest BCUT2D eigenvalue weighted by Gasteiger charge is 2.32. The summed E-state index contributed by atoms with van der Waals surface area (Å²) in [5.74, 6) is 0.815. The predicted octanol–water partition coefficient (Wildman–Crippen LogP) is 1.98. The molecule has 1 aliphatic heterocycles. The van der Waals surface area contributed by atoms with Gasteiger partial charge in [0.25, 0.3) is 0 Å². The number of pyridine rings is 1. The van der Waals surface area contributed by atoms with Gasteiger partial charge in [-0.2, -0.15) is 0 Å². The number of nitrogens with zero attached hydrogens (tertiary/aromatic N) is 3. The molecule has 3 rings (SSSR count). The highest BCUT2D eigenvalue weighted by molar-refractivity contribution is 7.90. The average Bonchev–Trinajstić information content (AvgIpc) is 2.68. The Bertz CT molecular complexity index is 763. The minimum atomic E-state index is -3.25. The number of carbonyl (C=O) groups is 1. The Morgan fingerprint density at radius 3 is 2.25 bits per heavy atom. The van der Waals surface area contributed by atoms with E-state index < -0.39 is 9.84 Å². The molecule has 0 N–H and O–H groups in total. The number of ether oxygens (including phenoxy) is 1. The van der Waals surface area contributed by atoms with E-state index >= 15 is 0 Å². The van der Waals surface area contributed by atoms with Crippen molar-refractivity contribution in [2.24, 2.45) is 5.92 Å². The largest absolute Gasteiger partial charge is 0.474 e. The normalized spacial score (nSPS) is 24.4. The first-order valence-electron chi connectivity index (χ1n) is 10.1. The Morgan fingerprint density at radius 2 is 1.75 bits per heavy atom. The Labute approximate surface area is 168 Å². The van der Waals surface area contributed by atoms with Crippen LogP contribution in [-0.2, 0) is 14.6 Å². The summed E-state index contributed by atoms with van der Waals surface area (Å²) in [5.41, 5.74) is 0. The van der Waals surface area contributed by atoms with Gasteiger partial charge in [0.05, 0.1) is 4.90 Å². The lowest BCUT2D eigenvalue weighted by Crippen LogP contribution is -2.52. The van der Waals surface area contributed by atoms with E-state index in [1.165, 1.54) is 12.3 Å². The number of piperazine rings is 1. The van der Waals surface area contributed by atoms with Gasteiger partial charge in [-0.05, 0) is 45.6 Å². The molecular formula is C20H31N3O4S. The molecule has 2 fully saturated rings. The number of amides is 1. The maximum Gasteiger partial charge on any atom is 0.225 e. The highest BCUT2D eigenvalue weighted by Crippen LogP contribution is 2.29. The molecule has 1 saturated carbocycles. The zero-order valence-electron chi connectivity index (χ0n) is 17.0. The second-order valence-electron chi connectivity index (χ2n) is 8.15. The third-order valence-corrected chi connectivity index (χ3v) is 6.90. The molecule has 0 unspecified atom stereocenters. The van der Waals surface area contributed by atoms with Crippen molar-refractivity contribution in [3.8, 4) is 5.88 Å². The van der Waals surface area contributed by atoms with Crippen LogP contribution < -0.4 is 4.74 Å². The first kappa shape index (κ1) is 21.0. The summed E-state index contributed by atoms with van der Waals surface area (Å²) >= 11 is 0. The van der Waals surface area contributed by atoms with Gasteiger partial charge in [-0.25, -0.2) is 13.4 Å². The first-order valence-corrected chi connectivity index (χ1v) is 12.0. The van der Waals surface area contributed by atoms with Crippen LogP contribution in [0.5, 0.6) is 5.88 Å². The van der Waals surface area contributed by atoms with Crippen LogP contribution in [0.25, 0.3) is 0 Å². The Kier molecular flexibility index (Phi) is 6.60. The molecule has 28 heavy (non-hydrogen) atoms. The Morgan fingerprint density at radius 1 is 1.11 bits per heavy atom. The summed E-state index contributed by atoms with van der Waals surface area (Å²) in [7, 11) is -3.25. The quantitative estimate of drug-likeness (QED) is 0.740. The summed E-state index contributed by atoms with van der Waals surface area (Å²) in [6, 6.07) is 3.65. The van der Waals surface area contributed by atoms with E-state index in [4.69, 9.17) is 4.74 Å². The maximum atomic E-state index is 12.8. The maximum absolute atomic E-state index is 12.8. The van der Waals surface area contributed by atoms with Crippen molar-refractivity contribution in [1.29, 1.82) is 0 Å². The summed E-state index contributed by atoms with van der Waals surface area (Å²) in [6.07, 6.45) is 5.81. The van der Waals surface area contributed by atoms with Crippen molar-refractivity contribution in [2.45, 2.75) is 56.6 Å². The van der Waals surface area contributed by atoms with Crippen LogP contribution in [0.1, 0.15) is 39.5 Å². The molecule has 0 spiro atoms. The highest BCUT2D eigenvalue weighted by atomic mass is 32.2. The molecule has 156 valence electrons. The molecule has 8 heteroatoms. The van der Waals surface area contributed by atoms with Crippen molar-refractivity contribution < 1.29 is 17.9 Å². The zero-order chi connectivity index (χ0) is 20.3. The molecule has 1 amide bonds. The van der Waals surface area contributed by atoms with Gasteiger partial charge in [-0.15, -0.1) is 0 Å². The first-order chi connectivity index (χ1) is 13.2. The summed E-state index contributed by atoms with van der Waals surface area (Å²) < 4.78 is 28.9. The lowest BCUT2D eigenvalue weighted by atomic mass is 9.86. The fourth-order valence-corrected chi connectivity index (χ4v) is 4.53. The fourth-order valence-electron chi connectivity index (χ4n) is 3.97. The minimum absolute atomic E-state index is 0.0263. The van der Waals surface area contributed by atoms with E-state index in [-0.39, 0.29) is 22.8 Å². The monoisotopic (exact) mass is 409 g/mol. The van der Waals surface area contributed by atoms with Crippen LogP contribution >= 0.6 is 0 Å². The van der Waals surface area contributed by atoms with E-state index in [1.54, 1.807) is 6.07 Å². The van der Waals surface area contributed by atoms with Gasteiger partial charge in [0, 0.05) is 56.7 Å². The third kappa shape index (κ3) is 5.23.